The lowest BCUT2D eigenvalue weighted by Crippen LogP contribution is -2.54. The molecule has 2 aromatic rings. The van der Waals surface area contributed by atoms with Gasteiger partial charge in [-0.1, -0.05) is 48.2 Å². The number of carbonyl (C=O) groups is 1. The molecule has 6 nitrogen and oxygen atoms in total. The maximum absolute atomic E-state index is 13.1. The fourth-order valence-electron chi connectivity index (χ4n) is 3.79. The third-order valence-electron chi connectivity index (χ3n) is 5.14. The number of amides is 1. The predicted octanol–water partition coefficient (Wildman–Crippen LogP) is 4.73. The Morgan fingerprint density at radius 2 is 1.91 bits per heavy atom. The number of piperidine rings is 1. The Kier molecular flexibility index (Phi) is 6.37. The molecule has 0 bridgehead atoms. The minimum Gasteiger partial charge on any atom is -0.445 e. The number of pyridine rings is 1. The lowest BCUT2D eigenvalue weighted by Gasteiger charge is -2.37. The van der Waals surface area contributed by atoms with Crippen LogP contribution >= 0.6 is 11.8 Å². The SMILES string of the molecule is CC1(C)O[C@H]2[C@H](CN(C(=O)OCc3ccccc3)C[C@@H]2Sc2cccc(C(F)(F)F)n2)O1. The van der Waals surface area contributed by atoms with Crippen molar-refractivity contribution in [2.24, 2.45) is 0 Å². The number of rotatable bonds is 4. The van der Waals surface area contributed by atoms with Crippen LogP contribution in [0.25, 0.3) is 0 Å². The van der Waals surface area contributed by atoms with Gasteiger partial charge in [-0.15, -0.1) is 0 Å². The highest BCUT2D eigenvalue weighted by Crippen LogP contribution is 2.40. The van der Waals surface area contributed by atoms with E-state index in [4.69, 9.17) is 14.2 Å². The Bertz CT molecular complexity index is 958. The number of aromatic nitrogens is 1. The van der Waals surface area contributed by atoms with Gasteiger partial charge in [0.2, 0.25) is 0 Å². The summed E-state index contributed by atoms with van der Waals surface area (Å²) in [7, 11) is 0. The van der Waals surface area contributed by atoms with E-state index in [0.29, 0.717) is 0 Å². The van der Waals surface area contributed by atoms with Gasteiger partial charge in [0.15, 0.2) is 5.79 Å². The van der Waals surface area contributed by atoms with Crippen molar-refractivity contribution in [1.82, 2.24) is 9.88 Å². The number of likely N-dealkylation sites (tertiary alicyclic amines) is 1. The monoisotopic (exact) mass is 468 g/mol. The van der Waals surface area contributed by atoms with Crippen LogP contribution in [-0.2, 0) is 27.0 Å². The molecule has 2 fully saturated rings. The summed E-state index contributed by atoms with van der Waals surface area (Å²) in [4.78, 5) is 18.0. The number of carbonyl (C=O) groups excluding carboxylic acids is 1. The normalized spacial score (nSPS) is 24.8. The molecule has 1 amide bonds. The lowest BCUT2D eigenvalue weighted by molar-refractivity contribution is -0.144. The molecule has 1 aromatic carbocycles. The smallest absolute Gasteiger partial charge is 0.433 e. The second-order valence-electron chi connectivity index (χ2n) is 8.10. The number of thioether (sulfide) groups is 1. The van der Waals surface area contributed by atoms with Crippen LogP contribution in [0.4, 0.5) is 18.0 Å². The molecule has 0 radical (unpaired) electrons. The first-order chi connectivity index (χ1) is 15.1. The zero-order valence-electron chi connectivity index (χ0n) is 17.5. The van der Waals surface area contributed by atoms with E-state index in [9.17, 15) is 18.0 Å². The van der Waals surface area contributed by atoms with Crippen molar-refractivity contribution >= 4 is 17.9 Å². The highest BCUT2D eigenvalue weighted by atomic mass is 32.2. The van der Waals surface area contributed by atoms with Gasteiger partial charge in [-0.2, -0.15) is 13.2 Å². The van der Waals surface area contributed by atoms with Gasteiger partial charge in [0, 0.05) is 6.54 Å². The van der Waals surface area contributed by atoms with Gasteiger partial charge in [-0.25, -0.2) is 9.78 Å². The molecule has 0 unspecified atom stereocenters. The van der Waals surface area contributed by atoms with Crippen LogP contribution in [0.1, 0.15) is 25.1 Å². The molecule has 1 aromatic heterocycles. The fourth-order valence-corrected chi connectivity index (χ4v) is 5.03. The van der Waals surface area contributed by atoms with Gasteiger partial charge < -0.3 is 19.1 Å². The topological polar surface area (TPSA) is 60.9 Å². The van der Waals surface area contributed by atoms with Crippen molar-refractivity contribution in [2.75, 3.05) is 13.1 Å². The summed E-state index contributed by atoms with van der Waals surface area (Å²) in [6, 6.07) is 13.1. The number of fused-ring (bicyclic) bond motifs is 1. The molecule has 0 N–H and O–H groups in total. The Labute approximate surface area is 188 Å². The Morgan fingerprint density at radius 1 is 1.16 bits per heavy atom. The highest BCUT2D eigenvalue weighted by molar-refractivity contribution is 8.00. The molecule has 172 valence electrons. The second kappa shape index (κ2) is 8.92. The first kappa shape index (κ1) is 22.9. The zero-order chi connectivity index (χ0) is 22.9. The van der Waals surface area contributed by atoms with Gasteiger partial charge in [0.05, 0.1) is 16.8 Å². The average molecular weight is 468 g/mol. The Morgan fingerprint density at radius 3 is 2.62 bits per heavy atom. The minimum absolute atomic E-state index is 0.125. The van der Waals surface area contributed by atoms with E-state index in [-0.39, 0.29) is 30.0 Å². The van der Waals surface area contributed by atoms with Gasteiger partial charge in [0.1, 0.15) is 24.5 Å². The van der Waals surface area contributed by atoms with Crippen molar-refractivity contribution in [3.05, 3.63) is 59.8 Å². The van der Waals surface area contributed by atoms with E-state index in [0.717, 1.165) is 23.4 Å². The molecule has 0 aliphatic carbocycles. The van der Waals surface area contributed by atoms with Crippen molar-refractivity contribution in [3.8, 4) is 0 Å². The number of nitrogens with zero attached hydrogens (tertiary/aromatic N) is 2. The summed E-state index contributed by atoms with van der Waals surface area (Å²) in [5.41, 5.74) is -0.102. The fraction of sp³-hybridized carbons (Fsp3) is 0.455. The van der Waals surface area contributed by atoms with Crippen LogP contribution in [0.3, 0.4) is 0 Å². The predicted molar refractivity (Wildman–Crippen MR) is 111 cm³/mol. The van der Waals surface area contributed by atoms with Crippen LogP contribution in [0.5, 0.6) is 0 Å². The largest absolute Gasteiger partial charge is 0.445 e. The van der Waals surface area contributed by atoms with E-state index in [2.05, 4.69) is 4.98 Å². The van der Waals surface area contributed by atoms with E-state index in [1.54, 1.807) is 13.8 Å². The number of hydrogen-bond acceptors (Lipinski definition) is 6. The quantitative estimate of drug-likeness (QED) is 0.647. The number of hydrogen-bond donors (Lipinski definition) is 0. The van der Waals surface area contributed by atoms with Crippen molar-refractivity contribution < 1.29 is 32.2 Å². The van der Waals surface area contributed by atoms with E-state index >= 15 is 0 Å². The summed E-state index contributed by atoms with van der Waals surface area (Å²) in [5.74, 6) is -0.862. The third kappa shape index (κ3) is 5.36. The summed E-state index contributed by atoms with van der Waals surface area (Å²) in [6.45, 7) is 4.17. The van der Waals surface area contributed by atoms with Crippen molar-refractivity contribution in [3.63, 3.8) is 0 Å². The van der Waals surface area contributed by atoms with Gasteiger partial charge in [-0.3, -0.25) is 0 Å². The van der Waals surface area contributed by atoms with Crippen LogP contribution in [0.15, 0.2) is 53.6 Å². The third-order valence-corrected chi connectivity index (χ3v) is 6.33. The summed E-state index contributed by atoms with van der Waals surface area (Å²) in [5, 5.41) is -0.174. The molecule has 3 atom stereocenters. The van der Waals surface area contributed by atoms with E-state index < -0.39 is 36.0 Å². The van der Waals surface area contributed by atoms with Crippen molar-refractivity contribution in [2.45, 2.75) is 54.9 Å². The average Bonchev–Trinajstić information content (AvgIpc) is 3.06. The molecule has 0 spiro atoms. The van der Waals surface area contributed by atoms with Crippen LogP contribution in [-0.4, -0.2) is 52.3 Å². The number of alkyl halides is 3. The molecule has 0 saturated carbocycles. The Balaban J connectivity index is 1.49. The van der Waals surface area contributed by atoms with Gasteiger partial charge >= 0.3 is 12.3 Å². The summed E-state index contributed by atoms with van der Waals surface area (Å²) < 4.78 is 56.6. The Hall–Kier alpha value is -2.30. The maximum atomic E-state index is 13.1. The van der Waals surface area contributed by atoms with Gasteiger partial charge in [-0.05, 0) is 31.5 Å². The van der Waals surface area contributed by atoms with Gasteiger partial charge in [0.25, 0.3) is 0 Å². The standard InChI is InChI=1S/C22H23F3N2O4S/c1-21(2)30-15-11-27(20(28)29-13-14-7-4-3-5-8-14)12-16(19(15)31-21)32-18-10-6-9-17(26-18)22(23,24)25/h3-10,15-16,19H,11-13H2,1-2H3/t15-,16-,19-/m0/s1. The molecule has 2 aliphatic heterocycles. The number of ether oxygens (including phenoxy) is 3. The number of benzene rings is 1. The number of halogens is 3. The maximum Gasteiger partial charge on any atom is 0.433 e. The second-order valence-corrected chi connectivity index (χ2v) is 9.36. The highest BCUT2D eigenvalue weighted by Gasteiger charge is 2.50. The zero-order valence-corrected chi connectivity index (χ0v) is 18.4. The molecule has 2 aliphatic rings. The molecular weight excluding hydrogens is 445 g/mol. The summed E-state index contributed by atoms with van der Waals surface area (Å²) in [6.07, 6.45) is -5.87. The first-order valence-electron chi connectivity index (χ1n) is 10.1. The van der Waals surface area contributed by atoms with Crippen LogP contribution in [0, 0.1) is 0 Å². The van der Waals surface area contributed by atoms with E-state index in [1.807, 2.05) is 30.3 Å². The minimum atomic E-state index is -4.53. The molecule has 3 heterocycles. The first-order valence-corrected chi connectivity index (χ1v) is 11.0. The van der Waals surface area contributed by atoms with Crippen LogP contribution in [0.2, 0.25) is 0 Å². The molecule has 4 rings (SSSR count). The molecule has 2 saturated heterocycles. The lowest BCUT2D eigenvalue weighted by atomic mass is 10.1. The van der Waals surface area contributed by atoms with E-state index in [1.165, 1.54) is 17.0 Å². The molecule has 32 heavy (non-hydrogen) atoms. The molecular formula is C22H23F3N2O4S. The summed E-state index contributed by atoms with van der Waals surface area (Å²) >= 11 is 1.14. The van der Waals surface area contributed by atoms with Crippen LogP contribution < -0.4 is 0 Å². The van der Waals surface area contributed by atoms with Crippen molar-refractivity contribution in [1.29, 1.82) is 0 Å². The molecule has 10 heteroatoms.